The highest BCUT2D eigenvalue weighted by Crippen LogP contribution is 2.23. The molecule has 0 bridgehead atoms. The van der Waals surface area contributed by atoms with E-state index in [4.69, 9.17) is 9.84 Å². The van der Waals surface area contributed by atoms with E-state index in [-0.39, 0.29) is 18.9 Å². The van der Waals surface area contributed by atoms with Gasteiger partial charge in [-0.05, 0) is 31.4 Å². The Balaban J connectivity index is 2.21. The number of ether oxygens (including phenoxy) is 1. The number of aliphatic carboxylic acids is 1. The van der Waals surface area contributed by atoms with Gasteiger partial charge in [0.05, 0.1) is 6.42 Å². The first kappa shape index (κ1) is 14.5. The van der Waals surface area contributed by atoms with Gasteiger partial charge in [0.15, 0.2) is 0 Å². The number of nitrogens with zero attached hydrogens (tertiary/aromatic N) is 1. The predicted molar refractivity (Wildman–Crippen MR) is 74.8 cm³/mol. The maximum atomic E-state index is 12.5. The molecule has 5 heteroatoms. The first-order valence-electron chi connectivity index (χ1n) is 6.80. The van der Waals surface area contributed by atoms with Gasteiger partial charge in [0.25, 0.3) is 5.91 Å². The quantitative estimate of drug-likeness (QED) is 0.893. The molecule has 5 nitrogen and oxygen atoms in total. The molecular formula is C15H19NO4. The van der Waals surface area contributed by atoms with Crippen LogP contribution in [0.15, 0.2) is 24.3 Å². The Bertz CT molecular complexity index is 494. The molecule has 2 rings (SSSR count). The van der Waals surface area contributed by atoms with E-state index >= 15 is 0 Å². The fourth-order valence-electron chi connectivity index (χ4n) is 2.37. The molecule has 1 fully saturated rings. The van der Waals surface area contributed by atoms with Crippen LogP contribution in [-0.4, -0.2) is 36.2 Å². The first-order chi connectivity index (χ1) is 9.59. The molecule has 1 aliphatic rings. The molecule has 0 aromatic heterocycles. The summed E-state index contributed by atoms with van der Waals surface area (Å²) in [7, 11) is 0. The number of aryl methyl sites for hydroxylation is 1. The van der Waals surface area contributed by atoms with E-state index in [1.807, 2.05) is 31.2 Å². The van der Waals surface area contributed by atoms with Crippen molar-refractivity contribution >= 4 is 17.6 Å². The Morgan fingerprint density at radius 3 is 2.75 bits per heavy atom. The second-order valence-corrected chi connectivity index (χ2v) is 4.92. The van der Waals surface area contributed by atoms with E-state index < -0.39 is 12.1 Å². The predicted octanol–water partition coefficient (Wildman–Crippen LogP) is 1.98. The second-order valence-electron chi connectivity index (χ2n) is 4.92. The zero-order valence-electron chi connectivity index (χ0n) is 11.5. The Morgan fingerprint density at radius 2 is 2.15 bits per heavy atom. The number of carboxylic acids is 1. The summed E-state index contributed by atoms with van der Waals surface area (Å²) in [4.78, 5) is 24.9. The molecule has 1 aliphatic heterocycles. The van der Waals surface area contributed by atoms with Crippen LogP contribution in [0.2, 0.25) is 0 Å². The minimum absolute atomic E-state index is 0.0766. The maximum absolute atomic E-state index is 12.5. The lowest BCUT2D eigenvalue weighted by atomic mass is 10.1. The summed E-state index contributed by atoms with van der Waals surface area (Å²) >= 11 is 0. The molecule has 1 heterocycles. The van der Waals surface area contributed by atoms with Gasteiger partial charge < -0.3 is 14.7 Å². The average molecular weight is 277 g/mol. The van der Waals surface area contributed by atoms with Crippen LogP contribution < -0.4 is 4.90 Å². The molecule has 108 valence electrons. The largest absolute Gasteiger partial charge is 0.481 e. The molecule has 1 atom stereocenters. The number of benzene rings is 1. The lowest BCUT2D eigenvalue weighted by molar-refractivity contribution is -0.136. The highest BCUT2D eigenvalue weighted by Gasteiger charge is 2.29. The van der Waals surface area contributed by atoms with Crippen LogP contribution in [-0.2, 0) is 14.3 Å². The number of hydrogen-bond donors (Lipinski definition) is 1. The fraction of sp³-hybridized carbons (Fsp3) is 0.467. The molecule has 1 saturated heterocycles. The lowest BCUT2D eigenvalue weighted by Gasteiger charge is -2.26. The van der Waals surface area contributed by atoms with Gasteiger partial charge in [-0.25, -0.2) is 0 Å². The van der Waals surface area contributed by atoms with Crippen molar-refractivity contribution in [1.29, 1.82) is 0 Å². The Hall–Kier alpha value is -1.88. The van der Waals surface area contributed by atoms with Crippen molar-refractivity contribution in [2.75, 3.05) is 18.1 Å². The van der Waals surface area contributed by atoms with E-state index in [0.717, 1.165) is 17.7 Å². The van der Waals surface area contributed by atoms with Crippen molar-refractivity contribution in [2.24, 2.45) is 0 Å². The summed E-state index contributed by atoms with van der Waals surface area (Å²) in [6.45, 7) is 2.67. The SMILES string of the molecule is Cc1ccccc1N(CCC(=O)O)C(=O)[C@H]1CCCO1. The third-order valence-corrected chi connectivity index (χ3v) is 3.43. The van der Waals surface area contributed by atoms with Crippen molar-refractivity contribution in [3.63, 3.8) is 0 Å². The molecular weight excluding hydrogens is 258 g/mol. The summed E-state index contributed by atoms with van der Waals surface area (Å²) in [5.41, 5.74) is 1.71. The Labute approximate surface area is 118 Å². The molecule has 1 aromatic rings. The van der Waals surface area contributed by atoms with Gasteiger partial charge in [-0.2, -0.15) is 0 Å². The summed E-state index contributed by atoms with van der Waals surface area (Å²) in [6, 6.07) is 7.49. The number of para-hydroxylation sites is 1. The standard InChI is InChI=1S/C15H19NO4/c1-11-5-2-3-6-12(11)16(9-8-14(17)18)15(19)13-7-4-10-20-13/h2-3,5-6,13H,4,7-10H2,1H3,(H,17,18)/t13-/m1/s1. The van der Waals surface area contributed by atoms with Crippen molar-refractivity contribution in [3.05, 3.63) is 29.8 Å². The molecule has 0 saturated carbocycles. The van der Waals surface area contributed by atoms with Crippen LogP contribution in [0, 0.1) is 6.92 Å². The summed E-state index contributed by atoms with van der Waals surface area (Å²) in [5.74, 6) is -1.05. The summed E-state index contributed by atoms with van der Waals surface area (Å²) in [5, 5.41) is 8.86. The molecule has 0 radical (unpaired) electrons. The average Bonchev–Trinajstić information content (AvgIpc) is 2.94. The Kier molecular flexibility index (Phi) is 4.74. The van der Waals surface area contributed by atoms with Crippen molar-refractivity contribution in [2.45, 2.75) is 32.3 Å². The fourth-order valence-corrected chi connectivity index (χ4v) is 2.37. The normalized spacial score (nSPS) is 17.9. The van der Waals surface area contributed by atoms with Crippen molar-refractivity contribution in [3.8, 4) is 0 Å². The lowest BCUT2D eigenvalue weighted by Crippen LogP contribution is -2.40. The van der Waals surface area contributed by atoms with Crippen LogP contribution in [0.5, 0.6) is 0 Å². The third kappa shape index (κ3) is 3.36. The van der Waals surface area contributed by atoms with E-state index in [1.165, 1.54) is 0 Å². The molecule has 1 aromatic carbocycles. The number of carboxylic acid groups (broad SMARTS) is 1. The molecule has 20 heavy (non-hydrogen) atoms. The van der Waals surface area contributed by atoms with E-state index in [2.05, 4.69) is 0 Å². The molecule has 0 unspecified atom stereocenters. The van der Waals surface area contributed by atoms with Gasteiger partial charge >= 0.3 is 5.97 Å². The van der Waals surface area contributed by atoms with Gasteiger partial charge in [0.2, 0.25) is 0 Å². The van der Waals surface area contributed by atoms with Crippen LogP contribution in [0.3, 0.4) is 0 Å². The van der Waals surface area contributed by atoms with Crippen LogP contribution in [0.1, 0.15) is 24.8 Å². The smallest absolute Gasteiger partial charge is 0.305 e. The number of carbonyl (C=O) groups is 2. The number of anilines is 1. The van der Waals surface area contributed by atoms with Crippen molar-refractivity contribution < 1.29 is 19.4 Å². The van der Waals surface area contributed by atoms with Gasteiger partial charge in [-0.3, -0.25) is 9.59 Å². The van der Waals surface area contributed by atoms with Gasteiger partial charge in [-0.1, -0.05) is 18.2 Å². The summed E-state index contributed by atoms with van der Waals surface area (Å²) < 4.78 is 5.43. The van der Waals surface area contributed by atoms with E-state index in [1.54, 1.807) is 4.90 Å². The van der Waals surface area contributed by atoms with Gasteiger partial charge in [0, 0.05) is 18.8 Å². The zero-order chi connectivity index (χ0) is 14.5. The van der Waals surface area contributed by atoms with Crippen molar-refractivity contribution in [1.82, 2.24) is 0 Å². The maximum Gasteiger partial charge on any atom is 0.305 e. The monoisotopic (exact) mass is 277 g/mol. The number of hydrogen-bond acceptors (Lipinski definition) is 3. The van der Waals surface area contributed by atoms with E-state index in [0.29, 0.717) is 13.0 Å². The van der Waals surface area contributed by atoms with Crippen LogP contribution in [0.4, 0.5) is 5.69 Å². The second kappa shape index (κ2) is 6.52. The molecule has 1 amide bonds. The molecule has 0 spiro atoms. The Morgan fingerprint density at radius 1 is 1.40 bits per heavy atom. The number of carbonyl (C=O) groups excluding carboxylic acids is 1. The highest BCUT2D eigenvalue weighted by molar-refractivity contribution is 5.97. The minimum atomic E-state index is -0.913. The zero-order valence-corrected chi connectivity index (χ0v) is 11.5. The van der Waals surface area contributed by atoms with Crippen LogP contribution in [0.25, 0.3) is 0 Å². The first-order valence-corrected chi connectivity index (χ1v) is 6.80. The number of amides is 1. The highest BCUT2D eigenvalue weighted by atomic mass is 16.5. The van der Waals surface area contributed by atoms with Gasteiger partial charge in [-0.15, -0.1) is 0 Å². The van der Waals surface area contributed by atoms with Gasteiger partial charge in [0.1, 0.15) is 6.10 Å². The van der Waals surface area contributed by atoms with Crippen LogP contribution >= 0.6 is 0 Å². The molecule has 1 N–H and O–H groups in total. The summed E-state index contributed by atoms with van der Waals surface area (Å²) in [6.07, 6.45) is 1.06. The third-order valence-electron chi connectivity index (χ3n) is 3.43. The number of rotatable bonds is 5. The molecule has 0 aliphatic carbocycles. The minimum Gasteiger partial charge on any atom is -0.481 e. The topological polar surface area (TPSA) is 66.8 Å². The van der Waals surface area contributed by atoms with E-state index in [9.17, 15) is 9.59 Å².